The monoisotopic (exact) mass is 721 g/mol. The van der Waals surface area contributed by atoms with Crippen molar-refractivity contribution in [1.29, 1.82) is 0 Å². The predicted octanol–water partition coefficient (Wildman–Crippen LogP) is 9.53. The average Bonchev–Trinajstić information content (AvgIpc) is 3.91. The zero-order chi connectivity index (χ0) is 37.5. The predicted molar refractivity (Wildman–Crippen MR) is 202 cm³/mol. The van der Waals surface area contributed by atoms with E-state index in [2.05, 4.69) is 50.0 Å². The fraction of sp³-hybridized carbons (Fsp3) is 0.545. The van der Waals surface area contributed by atoms with E-state index in [4.69, 9.17) is 4.74 Å². The Bertz CT molecular complexity index is 1550. The molecule has 0 spiro atoms. The fourth-order valence-electron chi connectivity index (χ4n) is 8.75. The number of halogens is 3. The first-order valence-corrected chi connectivity index (χ1v) is 19.1. The van der Waals surface area contributed by atoms with Crippen molar-refractivity contribution in [1.82, 2.24) is 5.32 Å². The van der Waals surface area contributed by atoms with Gasteiger partial charge in [0.2, 0.25) is 0 Å². The van der Waals surface area contributed by atoms with E-state index in [0.717, 1.165) is 48.2 Å². The van der Waals surface area contributed by atoms with Gasteiger partial charge in [0.15, 0.2) is 0 Å². The largest absolute Gasteiger partial charge is 0.486 e. The molecule has 52 heavy (non-hydrogen) atoms. The van der Waals surface area contributed by atoms with Crippen LogP contribution in [0, 0.1) is 29.1 Å². The summed E-state index contributed by atoms with van der Waals surface area (Å²) < 4.78 is 43.6. The summed E-state index contributed by atoms with van der Waals surface area (Å²) in [6.07, 6.45) is 13.1. The molecule has 0 bridgehead atoms. The van der Waals surface area contributed by atoms with Crippen molar-refractivity contribution in [3.8, 4) is 5.75 Å². The van der Waals surface area contributed by atoms with Gasteiger partial charge in [-0.05, 0) is 135 Å². The van der Waals surface area contributed by atoms with E-state index in [-0.39, 0.29) is 12.2 Å². The third kappa shape index (κ3) is 10.3. The quantitative estimate of drug-likeness (QED) is 0.174. The summed E-state index contributed by atoms with van der Waals surface area (Å²) in [5, 5.41) is 33.4. The highest BCUT2D eigenvalue weighted by molar-refractivity contribution is 5.39. The second-order valence-corrected chi connectivity index (χ2v) is 15.7. The smallest absolute Gasteiger partial charge is 0.416 e. The lowest BCUT2D eigenvalue weighted by molar-refractivity contribution is -0.137. The molecule has 0 saturated heterocycles. The van der Waals surface area contributed by atoms with Gasteiger partial charge in [-0.25, -0.2) is 0 Å². The maximum absolute atomic E-state index is 12.6. The van der Waals surface area contributed by atoms with E-state index >= 15 is 0 Å². The molecule has 4 aliphatic rings. The van der Waals surface area contributed by atoms with E-state index in [0.29, 0.717) is 47.7 Å². The SMILES string of the molecule is C=C1/C(=C\C=C2/CCC[C@]3(C)[C@@H]([C@H](C)/C=C/[C@@H](O)C4CC4)CC[C@@H]23)C[C@@H](O)C[C@@H]1O.CNCCC(Oc1ccc(C(F)(F)F)cc1)c1ccccc1. The Labute approximate surface area is 308 Å². The Morgan fingerprint density at radius 1 is 1.00 bits per heavy atom. The first kappa shape index (κ1) is 40.0. The van der Waals surface area contributed by atoms with Gasteiger partial charge in [0, 0.05) is 12.8 Å². The van der Waals surface area contributed by atoms with Crippen LogP contribution >= 0.6 is 0 Å². The van der Waals surface area contributed by atoms with Gasteiger partial charge in [-0.15, -0.1) is 0 Å². The van der Waals surface area contributed by atoms with Crippen LogP contribution in [0.1, 0.15) is 95.3 Å². The molecule has 0 heterocycles. The van der Waals surface area contributed by atoms with Crippen LogP contribution < -0.4 is 10.1 Å². The molecule has 6 rings (SSSR count). The summed E-state index contributed by atoms with van der Waals surface area (Å²) in [4.78, 5) is 0. The zero-order valence-corrected chi connectivity index (χ0v) is 31.0. The summed E-state index contributed by atoms with van der Waals surface area (Å²) in [5.74, 6) is 2.70. The first-order valence-electron chi connectivity index (χ1n) is 19.1. The molecule has 2 aromatic rings. The molecule has 8 heteroatoms. The Kier molecular flexibility index (Phi) is 13.7. The lowest BCUT2D eigenvalue weighted by Crippen LogP contribution is -2.35. The highest BCUT2D eigenvalue weighted by Crippen LogP contribution is 2.59. The second kappa shape index (κ2) is 17.8. The molecule has 0 radical (unpaired) electrons. The Hall–Kier alpha value is -3.17. The number of aliphatic hydroxyl groups excluding tert-OH is 3. The maximum Gasteiger partial charge on any atom is 0.416 e. The van der Waals surface area contributed by atoms with E-state index in [1.165, 1.54) is 56.2 Å². The van der Waals surface area contributed by atoms with E-state index < -0.39 is 23.9 Å². The molecule has 4 saturated carbocycles. The molecule has 1 unspecified atom stereocenters. The molecule has 0 aliphatic heterocycles. The number of rotatable bonds is 11. The number of ether oxygens (including phenoxy) is 1. The molecule has 0 aromatic heterocycles. The van der Waals surface area contributed by atoms with Gasteiger partial charge < -0.3 is 25.4 Å². The minimum atomic E-state index is -4.33. The van der Waals surface area contributed by atoms with Crippen LogP contribution in [0.3, 0.4) is 0 Å². The average molecular weight is 722 g/mol. The van der Waals surface area contributed by atoms with Crippen molar-refractivity contribution in [3.63, 3.8) is 0 Å². The molecule has 4 N–H and O–H groups in total. The number of hydrogen-bond acceptors (Lipinski definition) is 5. The number of aliphatic hydroxyl groups is 3. The lowest BCUT2D eigenvalue weighted by Gasteiger charge is -2.44. The van der Waals surface area contributed by atoms with Gasteiger partial charge >= 0.3 is 6.18 Å². The fourth-order valence-corrected chi connectivity index (χ4v) is 8.75. The standard InChI is InChI=1S/C27H40O3.C17H18F3NO/c1-17(6-13-25(29)20-8-9-20)23-11-12-24-19(5-4-14-27(23,24)3)7-10-21-15-22(28)16-26(30)18(21)2;1-21-12-11-16(13-5-3-2-4-6-13)22-15-9-7-14(8-10-15)17(18,19)20/h6-7,10,13,17,20,22-26,28-30H,2,4-5,8-9,11-12,14-16H2,1,3H3;2-10,16,21H,11-12H2,1H3/b13-6+,19-7+,21-10-;/t17-,22-,23-,24+,25-,26+,27-;/m1./s1. The highest BCUT2D eigenvalue weighted by atomic mass is 19.4. The maximum atomic E-state index is 12.6. The molecule has 284 valence electrons. The third-order valence-corrected chi connectivity index (χ3v) is 11.9. The van der Waals surface area contributed by atoms with Crippen LogP contribution in [-0.4, -0.2) is 47.2 Å². The third-order valence-electron chi connectivity index (χ3n) is 11.9. The minimum absolute atomic E-state index is 0.203. The van der Waals surface area contributed by atoms with Crippen LogP contribution in [-0.2, 0) is 6.18 Å². The van der Waals surface area contributed by atoms with Gasteiger partial charge in [0.05, 0.1) is 23.9 Å². The van der Waals surface area contributed by atoms with Crippen molar-refractivity contribution in [2.24, 2.45) is 29.1 Å². The molecule has 0 amide bonds. The van der Waals surface area contributed by atoms with E-state index in [9.17, 15) is 28.5 Å². The molecular weight excluding hydrogens is 663 g/mol. The number of alkyl halides is 3. The van der Waals surface area contributed by atoms with Crippen LogP contribution in [0.4, 0.5) is 13.2 Å². The van der Waals surface area contributed by atoms with Crippen LogP contribution in [0.5, 0.6) is 5.75 Å². The Morgan fingerprint density at radius 3 is 2.37 bits per heavy atom. The van der Waals surface area contributed by atoms with Gasteiger partial charge in [-0.3, -0.25) is 0 Å². The minimum Gasteiger partial charge on any atom is -0.486 e. The number of benzene rings is 2. The summed E-state index contributed by atoms with van der Waals surface area (Å²) in [5.41, 5.74) is 3.95. The summed E-state index contributed by atoms with van der Waals surface area (Å²) >= 11 is 0. The Balaban J connectivity index is 0.000000212. The number of nitrogens with one attached hydrogen (secondary N) is 1. The highest BCUT2D eigenvalue weighted by Gasteiger charge is 2.50. The summed E-state index contributed by atoms with van der Waals surface area (Å²) in [6.45, 7) is 9.63. The van der Waals surface area contributed by atoms with Crippen LogP contribution in [0.2, 0.25) is 0 Å². The number of allylic oxidation sites excluding steroid dienone is 4. The zero-order valence-electron chi connectivity index (χ0n) is 31.0. The Morgan fingerprint density at radius 2 is 1.71 bits per heavy atom. The van der Waals surface area contributed by atoms with Crippen molar-refractivity contribution in [2.45, 2.75) is 109 Å². The van der Waals surface area contributed by atoms with Gasteiger partial charge in [0.25, 0.3) is 0 Å². The van der Waals surface area contributed by atoms with Crippen molar-refractivity contribution < 1.29 is 33.2 Å². The molecule has 4 fully saturated rings. The topological polar surface area (TPSA) is 82.0 Å². The van der Waals surface area contributed by atoms with Gasteiger partial charge in [0.1, 0.15) is 11.9 Å². The summed E-state index contributed by atoms with van der Waals surface area (Å²) in [6, 6.07) is 14.4. The van der Waals surface area contributed by atoms with Crippen molar-refractivity contribution in [3.05, 3.63) is 113 Å². The molecule has 4 aliphatic carbocycles. The van der Waals surface area contributed by atoms with E-state index in [1.807, 2.05) is 37.4 Å². The van der Waals surface area contributed by atoms with Crippen LogP contribution in [0.25, 0.3) is 0 Å². The van der Waals surface area contributed by atoms with Gasteiger partial charge in [-0.1, -0.05) is 80.6 Å². The van der Waals surface area contributed by atoms with Crippen molar-refractivity contribution in [2.75, 3.05) is 13.6 Å². The van der Waals surface area contributed by atoms with Crippen LogP contribution in [0.15, 0.2) is 102 Å². The summed E-state index contributed by atoms with van der Waals surface area (Å²) in [7, 11) is 1.85. The number of fused-ring (bicyclic) bond motifs is 1. The van der Waals surface area contributed by atoms with Gasteiger partial charge in [-0.2, -0.15) is 13.2 Å². The molecular formula is C44H58F3NO4. The lowest BCUT2D eigenvalue weighted by atomic mass is 9.61. The first-order chi connectivity index (χ1) is 24.8. The van der Waals surface area contributed by atoms with Crippen molar-refractivity contribution >= 4 is 0 Å². The number of hydrogen-bond donors (Lipinski definition) is 4. The van der Waals surface area contributed by atoms with E-state index in [1.54, 1.807) is 0 Å². The molecule has 5 nitrogen and oxygen atoms in total. The second-order valence-electron chi connectivity index (χ2n) is 15.7. The molecule has 8 atom stereocenters. The molecule has 2 aromatic carbocycles. The normalized spacial score (nSPS) is 29.8.